The number of aromatic nitrogens is 1. The molecule has 0 radical (unpaired) electrons. The molecule has 5 aromatic rings. The van der Waals surface area contributed by atoms with Gasteiger partial charge in [0.15, 0.2) is 0 Å². The minimum absolute atomic E-state index is 0.00733. The highest BCUT2D eigenvalue weighted by Gasteiger charge is 2.13. The van der Waals surface area contributed by atoms with Crippen LogP contribution < -0.4 is 4.74 Å². The van der Waals surface area contributed by atoms with Crippen LogP contribution in [-0.4, -0.2) is 22.7 Å². The smallest absolute Gasteiger partial charge is 0.307 e. The summed E-state index contributed by atoms with van der Waals surface area (Å²) in [5, 5.41) is 11.1. The van der Waals surface area contributed by atoms with Gasteiger partial charge >= 0.3 is 5.97 Å². The fourth-order valence-electron chi connectivity index (χ4n) is 4.48. The number of hydrogen-bond donors (Lipinski definition) is 2. The Labute approximate surface area is 198 Å². The van der Waals surface area contributed by atoms with E-state index < -0.39 is 5.97 Å². The number of ether oxygens (including phenoxy) is 1. The molecule has 0 atom stereocenters. The minimum Gasteiger partial charge on any atom is -0.493 e. The Morgan fingerprint density at radius 1 is 1.00 bits per heavy atom. The summed E-state index contributed by atoms with van der Waals surface area (Å²) in [5.74, 6) is 0.899. The number of aryl methyl sites for hydroxylation is 1. The molecule has 0 aliphatic carbocycles. The maximum atomic E-state index is 11.0. The summed E-state index contributed by atoms with van der Waals surface area (Å²) in [4.78, 5) is 14.5. The Balaban J connectivity index is 1.34. The zero-order valence-corrected chi connectivity index (χ0v) is 19.1. The summed E-state index contributed by atoms with van der Waals surface area (Å²) in [7, 11) is 0. The first-order valence-corrected chi connectivity index (χ1v) is 11.7. The number of furan rings is 1. The lowest BCUT2D eigenvalue weighted by Gasteiger charge is -2.12. The molecule has 0 saturated carbocycles. The van der Waals surface area contributed by atoms with Gasteiger partial charge in [-0.05, 0) is 53.9 Å². The third kappa shape index (κ3) is 4.55. The summed E-state index contributed by atoms with van der Waals surface area (Å²) >= 11 is 0. The van der Waals surface area contributed by atoms with E-state index in [9.17, 15) is 4.79 Å². The van der Waals surface area contributed by atoms with Crippen LogP contribution in [0, 0.1) is 0 Å². The first-order valence-electron chi connectivity index (χ1n) is 11.7. The van der Waals surface area contributed by atoms with Crippen LogP contribution in [0.1, 0.15) is 30.2 Å². The van der Waals surface area contributed by atoms with Crippen molar-refractivity contribution < 1.29 is 19.1 Å². The van der Waals surface area contributed by atoms with Crippen molar-refractivity contribution in [2.24, 2.45) is 0 Å². The van der Waals surface area contributed by atoms with Crippen molar-refractivity contribution in [2.75, 3.05) is 6.61 Å². The number of aliphatic carboxylic acids is 1. The molecule has 34 heavy (non-hydrogen) atoms. The van der Waals surface area contributed by atoms with Crippen LogP contribution in [0.3, 0.4) is 0 Å². The molecule has 172 valence electrons. The number of benzene rings is 3. The number of nitrogens with one attached hydrogen (secondary N) is 1. The molecule has 5 nitrogen and oxygen atoms in total. The molecular formula is C29H27NO4. The maximum Gasteiger partial charge on any atom is 0.307 e. The molecule has 5 rings (SSSR count). The highest BCUT2D eigenvalue weighted by Crippen LogP contribution is 2.33. The van der Waals surface area contributed by atoms with E-state index in [0.717, 1.165) is 52.1 Å². The quantitative estimate of drug-likeness (QED) is 0.258. The molecular weight excluding hydrogens is 426 g/mol. The molecule has 0 unspecified atom stereocenters. The molecule has 5 heteroatoms. The lowest BCUT2D eigenvalue weighted by Crippen LogP contribution is -2.03. The van der Waals surface area contributed by atoms with E-state index in [4.69, 9.17) is 14.3 Å². The highest BCUT2D eigenvalue weighted by molar-refractivity contribution is 5.90. The Morgan fingerprint density at radius 2 is 1.85 bits per heavy atom. The summed E-state index contributed by atoms with van der Waals surface area (Å²) < 4.78 is 12.2. The van der Waals surface area contributed by atoms with Gasteiger partial charge in [-0.2, -0.15) is 0 Å². The average molecular weight is 454 g/mol. The highest BCUT2D eigenvalue weighted by atomic mass is 16.5. The van der Waals surface area contributed by atoms with Crippen molar-refractivity contribution in [1.82, 2.24) is 4.98 Å². The van der Waals surface area contributed by atoms with Crippen LogP contribution in [0.25, 0.3) is 33.1 Å². The third-order valence-electron chi connectivity index (χ3n) is 6.05. The van der Waals surface area contributed by atoms with Gasteiger partial charge in [-0.25, -0.2) is 0 Å². The van der Waals surface area contributed by atoms with Gasteiger partial charge in [-0.3, -0.25) is 4.79 Å². The lowest BCUT2D eigenvalue weighted by atomic mass is 10.0. The van der Waals surface area contributed by atoms with E-state index in [2.05, 4.69) is 42.2 Å². The van der Waals surface area contributed by atoms with Crippen LogP contribution in [0.15, 0.2) is 77.2 Å². The van der Waals surface area contributed by atoms with Gasteiger partial charge in [0.1, 0.15) is 17.1 Å². The normalized spacial score (nSPS) is 11.3. The fourth-order valence-corrected chi connectivity index (χ4v) is 4.48. The number of aromatic amines is 1. The van der Waals surface area contributed by atoms with Gasteiger partial charge in [-0.15, -0.1) is 0 Å². The topological polar surface area (TPSA) is 75.5 Å². The van der Waals surface area contributed by atoms with Crippen molar-refractivity contribution in [2.45, 2.75) is 32.6 Å². The maximum absolute atomic E-state index is 11.0. The van der Waals surface area contributed by atoms with Gasteiger partial charge in [-0.1, -0.05) is 49.7 Å². The third-order valence-corrected chi connectivity index (χ3v) is 6.05. The monoisotopic (exact) mass is 453 g/mol. The number of H-pyrrole nitrogens is 1. The number of carboxylic acid groups (broad SMARTS) is 1. The molecule has 0 fully saturated rings. The minimum atomic E-state index is -0.838. The second-order valence-electron chi connectivity index (χ2n) is 8.56. The summed E-state index contributed by atoms with van der Waals surface area (Å²) in [6.45, 7) is 2.68. The van der Waals surface area contributed by atoms with Gasteiger partial charge in [0.2, 0.25) is 0 Å². The largest absolute Gasteiger partial charge is 0.493 e. The number of rotatable bonds is 9. The molecule has 2 aromatic heterocycles. The fraction of sp³-hybridized carbons (Fsp3) is 0.207. The van der Waals surface area contributed by atoms with Gasteiger partial charge < -0.3 is 19.2 Å². The van der Waals surface area contributed by atoms with Gasteiger partial charge in [0.05, 0.1) is 13.0 Å². The van der Waals surface area contributed by atoms with E-state index in [1.54, 1.807) is 6.07 Å². The Hall–Kier alpha value is -3.99. The second-order valence-corrected chi connectivity index (χ2v) is 8.56. The molecule has 0 aliphatic rings. The summed E-state index contributed by atoms with van der Waals surface area (Å²) in [5.41, 5.74) is 6.14. The van der Waals surface area contributed by atoms with E-state index >= 15 is 0 Å². The van der Waals surface area contributed by atoms with E-state index in [1.165, 1.54) is 16.5 Å². The molecule has 2 N–H and O–H groups in total. The van der Waals surface area contributed by atoms with Crippen molar-refractivity contribution in [3.05, 3.63) is 89.7 Å². The number of hydrogen-bond acceptors (Lipinski definition) is 3. The van der Waals surface area contributed by atoms with Crippen LogP contribution in [-0.2, 0) is 24.1 Å². The van der Waals surface area contributed by atoms with Crippen LogP contribution in [0.4, 0.5) is 0 Å². The second kappa shape index (κ2) is 9.48. The molecule has 3 aromatic carbocycles. The first-order chi connectivity index (χ1) is 16.6. The summed E-state index contributed by atoms with van der Waals surface area (Å²) in [6.07, 6.45) is 2.61. The van der Waals surface area contributed by atoms with Crippen molar-refractivity contribution >= 4 is 27.8 Å². The van der Waals surface area contributed by atoms with Crippen LogP contribution in [0.2, 0.25) is 0 Å². The molecule has 0 bridgehead atoms. The van der Waals surface area contributed by atoms with Crippen LogP contribution >= 0.6 is 0 Å². The SMILES string of the molecule is CCCc1c(OCCc2cc3cc(CC(=O)O)ccc3o2)ccc2[nH]c(-c3ccccc3)cc12. The van der Waals surface area contributed by atoms with Crippen molar-refractivity contribution in [3.63, 3.8) is 0 Å². The Bertz CT molecular complexity index is 1450. The molecule has 2 heterocycles. The lowest BCUT2D eigenvalue weighted by molar-refractivity contribution is -0.136. The molecule has 0 aliphatic heterocycles. The standard InChI is InChI=1S/C29H27NO4/c1-2-6-23-24-18-26(20-7-4-3-5-8-20)30-25(24)10-12-28(23)33-14-13-22-17-21-15-19(16-29(31)32)9-11-27(21)34-22/h3-5,7-12,15,17-18,30H,2,6,13-14,16H2,1H3,(H,31,32). The molecule has 0 amide bonds. The zero-order valence-electron chi connectivity index (χ0n) is 19.1. The van der Waals surface area contributed by atoms with Crippen molar-refractivity contribution in [1.29, 1.82) is 0 Å². The zero-order chi connectivity index (χ0) is 23.5. The van der Waals surface area contributed by atoms with E-state index in [1.807, 2.05) is 36.4 Å². The number of carbonyl (C=O) groups is 1. The first kappa shape index (κ1) is 21.8. The van der Waals surface area contributed by atoms with Gasteiger partial charge in [0.25, 0.3) is 0 Å². The number of fused-ring (bicyclic) bond motifs is 2. The predicted molar refractivity (Wildman–Crippen MR) is 134 cm³/mol. The van der Waals surface area contributed by atoms with E-state index in [0.29, 0.717) is 13.0 Å². The molecule has 0 saturated heterocycles. The Morgan fingerprint density at radius 3 is 2.65 bits per heavy atom. The van der Waals surface area contributed by atoms with E-state index in [-0.39, 0.29) is 6.42 Å². The van der Waals surface area contributed by atoms with Gasteiger partial charge in [0, 0.05) is 34.0 Å². The predicted octanol–water partition coefficient (Wildman–Crippen LogP) is 6.78. The Kier molecular flexibility index (Phi) is 6.09. The van der Waals surface area contributed by atoms with Crippen molar-refractivity contribution in [3.8, 4) is 17.0 Å². The average Bonchev–Trinajstić information content (AvgIpc) is 3.44. The number of carboxylic acids is 1. The molecule has 0 spiro atoms. The van der Waals surface area contributed by atoms with Crippen LogP contribution in [0.5, 0.6) is 5.75 Å². The summed E-state index contributed by atoms with van der Waals surface area (Å²) in [6, 6.07) is 24.2.